The molecule has 0 spiro atoms. The number of benzene rings is 1. The quantitative estimate of drug-likeness (QED) is 0.415. The summed E-state index contributed by atoms with van der Waals surface area (Å²) in [7, 11) is 1.28. The van der Waals surface area contributed by atoms with Crippen LogP contribution in [0.25, 0.3) is 6.08 Å². The molecular weight excluding hydrogens is 370 g/mol. The van der Waals surface area contributed by atoms with Crippen molar-refractivity contribution < 1.29 is 19.1 Å². The van der Waals surface area contributed by atoms with Gasteiger partial charge >= 0.3 is 5.97 Å². The van der Waals surface area contributed by atoms with Crippen LogP contribution >= 0.6 is 24.0 Å². The number of aryl methyl sites for hydroxylation is 1. The molecule has 2 rings (SSSR count). The molecule has 1 aromatic rings. The fourth-order valence-electron chi connectivity index (χ4n) is 2.57. The molecule has 0 bridgehead atoms. The Hall–Kier alpha value is -1.86. The average molecular weight is 394 g/mol. The Morgan fingerprint density at radius 1 is 1.38 bits per heavy atom. The zero-order valence-corrected chi connectivity index (χ0v) is 17.3. The van der Waals surface area contributed by atoms with Crippen molar-refractivity contribution in [3.05, 3.63) is 33.7 Å². The number of nitrogens with zero attached hydrogens (tertiary/aromatic N) is 1. The highest BCUT2D eigenvalue weighted by Crippen LogP contribution is 2.35. The third-order valence-electron chi connectivity index (χ3n) is 4.00. The monoisotopic (exact) mass is 393 g/mol. The summed E-state index contributed by atoms with van der Waals surface area (Å²) in [5.41, 5.74) is 3.04. The molecule has 140 valence electrons. The van der Waals surface area contributed by atoms with E-state index in [4.69, 9.17) is 17.0 Å². The van der Waals surface area contributed by atoms with Gasteiger partial charge in [0, 0.05) is 0 Å². The molecule has 0 unspecified atom stereocenters. The van der Waals surface area contributed by atoms with Crippen molar-refractivity contribution >= 4 is 46.3 Å². The van der Waals surface area contributed by atoms with Gasteiger partial charge in [0.1, 0.15) is 16.6 Å². The Kier molecular flexibility index (Phi) is 6.83. The van der Waals surface area contributed by atoms with Crippen LogP contribution in [0.3, 0.4) is 0 Å². The molecule has 0 saturated carbocycles. The van der Waals surface area contributed by atoms with Gasteiger partial charge in [0.05, 0.1) is 18.6 Å². The summed E-state index contributed by atoms with van der Waals surface area (Å²) >= 11 is 6.43. The highest BCUT2D eigenvalue weighted by molar-refractivity contribution is 8.26. The number of thioether (sulfide) groups is 1. The van der Waals surface area contributed by atoms with Crippen molar-refractivity contribution in [2.45, 2.75) is 33.6 Å². The minimum Gasteiger partial charge on any atom is -0.494 e. The van der Waals surface area contributed by atoms with Gasteiger partial charge in [-0.3, -0.25) is 14.5 Å². The van der Waals surface area contributed by atoms with E-state index in [-0.39, 0.29) is 18.4 Å². The Morgan fingerprint density at radius 2 is 2.08 bits per heavy atom. The van der Waals surface area contributed by atoms with Crippen molar-refractivity contribution in [3.8, 4) is 5.75 Å². The van der Waals surface area contributed by atoms with Gasteiger partial charge in [-0.05, 0) is 54.7 Å². The molecule has 0 N–H and O–H groups in total. The number of hydrogen-bond acceptors (Lipinski definition) is 6. The molecule has 1 fully saturated rings. The maximum atomic E-state index is 12.6. The van der Waals surface area contributed by atoms with Crippen LogP contribution in [-0.2, 0) is 14.3 Å². The molecule has 1 saturated heterocycles. The van der Waals surface area contributed by atoms with Crippen LogP contribution in [0.4, 0.5) is 0 Å². The molecule has 0 aliphatic carbocycles. The summed E-state index contributed by atoms with van der Waals surface area (Å²) in [4.78, 5) is 25.8. The zero-order chi connectivity index (χ0) is 19.4. The fourth-order valence-corrected chi connectivity index (χ4v) is 3.82. The molecule has 1 amide bonds. The van der Waals surface area contributed by atoms with E-state index in [1.165, 1.54) is 23.8 Å². The number of hydrogen-bond donors (Lipinski definition) is 0. The largest absolute Gasteiger partial charge is 0.494 e. The minimum atomic E-state index is -0.498. The minimum absolute atomic E-state index is 0.169. The number of thiocarbonyl (C=S) groups is 1. The smallest absolute Gasteiger partial charge is 0.325 e. The number of rotatable bonds is 6. The standard InChI is InChI=1S/C19H23NO4S2/c1-6-24-15-7-12(4)13(8-14(15)11(2)3)9-16-18(22)20(19(25)26-16)10-17(21)23-5/h7-9,11H,6,10H2,1-5H3/b16-9-. The van der Waals surface area contributed by atoms with Crippen molar-refractivity contribution in [2.75, 3.05) is 20.3 Å². The summed E-state index contributed by atoms with van der Waals surface area (Å²) in [6, 6.07) is 4.05. The van der Waals surface area contributed by atoms with E-state index in [0.29, 0.717) is 15.8 Å². The number of esters is 1. The molecule has 0 aromatic heterocycles. The predicted molar refractivity (Wildman–Crippen MR) is 108 cm³/mol. The van der Waals surface area contributed by atoms with Gasteiger partial charge in [-0.25, -0.2) is 0 Å². The second kappa shape index (κ2) is 8.68. The van der Waals surface area contributed by atoms with E-state index in [0.717, 1.165) is 22.4 Å². The Bertz CT molecular complexity index is 771. The first-order valence-corrected chi connectivity index (χ1v) is 9.60. The third-order valence-corrected chi connectivity index (χ3v) is 5.37. The normalized spacial score (nSPS) is 15.9. The molecule has 0 radical (unpaired) electrons. The van der Waals surface area contributed by atoms with Crippen LogP contribution in [0.1, 0.15) is 43.4 Å². The SMILES string of the molecule is CCOc1cc(C)c(/C=C2\SC(=S)N(CC(=O)OC)C2=O)cc1C(C)C. The molecule has 1 aliphatic heterocycles. The van der Waals surface area contributed by atoms with Gasteiger partial charge in [-0.1, -0.05) is 37.8 Å². The first-order valence-electron chi connectivity index (χ1n) is 8.38. The lowest BCUT2D eigenvalue weighted by molar-refractivity contribution is -0.143. The summed E-state index contributed by atoms with van der Waals surface area (Å²) in [6.45, 7) is 8.58. The lowest BCUT2D eigenvalue weighted by Crippen LogP contribution is -2.33. The van der Waals surface area contributed by atoms with Crippen molar-refractivity contribution in [3.63, 3.8) is 0 Å². The van der Waals surface area contributed by atoms with Crippen LogP contribution in [0, 0.1) is 6.92 Å². The summed E-state index contributed by atoms with van der Waals surface area (Å²) < 4.78 is 10.7. The fraction of sp³-hybridized carbons (Fsp3) is 0.421. The Labute approximate surface area is 163 Å². The topological polar surface area (TPSA) is 55.8 Å². The maximum Gasteiger partial charge on any atom is 0.325 e. The van der Waals surface area contributed by atoms with Crippen molar-refractivity contribution in [1.29, 1.82) is 0 Å². The molecule has 0 atom stereocenters. The summed E-state index contributed by atoms with van der Waals surface area (Å²) in [6.07, 6.45) is 1.83. The second-order valence-corrected chi connectivity index (χ2v) is 7.85. The average Bonchev–Trinajstić information content (AvgIpc) is 2.84. The van der Waals surface area contributed by atoms with Crippen molar-refractivity contribution in [1.82, 2.24) is 4.90 Å². The zero-order valence-electron chi connectivity index (χ0n) is 15.6. The molecule has 5 nitrogen and oxygen atoms in total. The number of carbonyl (C=O) groups is 2. The molecule has 26 heavy (non-hydrogen) atoms. The van der Waals surface area contributed by atoms with E-state index < -0.39 is 5.97 Å². The first-order chi connectivity index (χ1) is 12.3. The lowest BCUT2D eigenvalue weighted by Gasteiger charge is -2.16. The molecule has 1 aromatic carbocycles. The Balaban J connectivity index is 2.37. The van der Waals surface area contributed by atoms with E-state index in [1.807, 2.05) is 26.0 Å². The molecular formula is C19H23NO4S2. The first kappa shape index (κ1) is 20.5. The van der Waals surface area contributed by atoms with Gasteiger partial charge < -0.3 is 9.47 Å². The van der Waals surface area contributed by atoms with Gasteiger partial charge in [-0.2, -0.15) is 0 Å². The van der Waals surface area contributed by atoms with Crippen molar-refractivity contribution in [2.24, 2.45) is 0 Å². The van der Waals surface area contributed by atoms with Crippen LogP contribution in [-0.4, -0.2) is 41.4 Å². The van der Waals surface area contributed by atoms with Gasteiger partial charge in [0.2, 0.25) is 0 Å². The van der Waals surface area contributed by atoms with Gasteiger partial charge in [0.25, 0.3) is 5.91 Å². The van der Waals surface area contributed by atoms with Gasteiger partial charge in [-0.15, -0.1) is 0 Å². The van der Waals surface area contributed by atoms with E-state index in [1.54, 1.807) is 0 Å². The van der Waals surface area contributed by atoms with Crippen LogP contribution < -0.4 is 4.74 Å². The van der Waals surface area contributed by atoms with E-state index in [2.05, 4.69) is 24.7 Å². The molecule has 7 heteroatoms. The van der Waals surface area contributed by atoms with Crippen LogP contribution in [0.15, 0.2) is 17.0 Å². The maximum absolute atomic E-state index is 12.6. The predicted octanol–water partition coefficient (Wildman–Crippen LogP) is 3.89. The second-order valence-electron chi connectivity index (χ2n) is 6.18. The number of ether oxygens (including phenoxy) is 2. The van der Waals surface area contributed by atoms with E-state index in [9.17, 15) is 9.59 Å². The van der Waals surface area contributed by atoms with Crippen LogP contribution in [0.2, 0.25) is 0 Å². The van der Waals surface area contributed by atoms with Gasteiger partial charge in [0.15, 0.2) is 0 Å². The number of methoxy groups -OCH3 is 1. The Morgan fingerprint density at radius 3 is 2.65 bits per heavy atom. The third kappa shape index (κ3) is 4.45. The summed E-state index contributed by atoms with van der Waals surface area (Å²) in [5, 5.41) is 0. The number of carbonyl (C=O) groups excluding carboxylic acids is 2. The molecule has 1 aliphatic rings. The summed E-state index contributed by atoms with van der Waals surface area (Å²) in [5.74, 6) is 0.389. The highest BCUT2D eigenvalue weighted by atomic mass is 32.2. The highest BCUT2D eigenvalue weighted by Gasteiger charge is 2.33. The van der Waals surface area contributed by atoms with E-state index >= 15 is 0 Å². The number of amides is 1. The lowest BCUT2D eigenvalue weighted by atomic mass is 9.96. The van der Waals surface area contributed by atoms with Crippen LogP contribution in [0.5, 0.6) is 5.75 Å². The molecule has 1 heterocycles.